The van der Waals surface area contributed by atoms with E-state index in [1.165, 1.54) is 7.11 Å². The summed E-state index contributed by atoms with van der Waals surface area (Å²) in [7, 11) is 3.01. The van der Waals surface area contributed by atoms with Crippen molar-refractivity contribution in [2.24, 2.45) is 5.92 Å². The maximum atomic E-state index is 11.6. The Bertz CT molecular complexity index is 384. The summed E-state index contributed by atoms with van der Waals surface area (Å²) in [6, 6.07) is 7.58. The maximum absolute atomic E-state index is 11.6. The van der Waals surface area contributed by atoms with Gasteiger partial charge in [-0.3, -0.25) is 0 Å². The van der Waals surface area contributed by atoms with E-state index in [0.29, 0.717) is 18.9 Å². The van der Waals surface area contributed by atoms with Gasteiger partial charge in [-0.2, -0.15) is 0 Å². The van der Waals surface area contributed by atoms with Crippen molar-refractivity contribution in [1.82, 2.24) is 0 Å². The van der Waals surface area contributed by atoms with E-state index in [1.807, 2.05) is 38.1 Å². The standard InChI is InChI=1S/C15H22O4/c1-11(2)9-14(15(16)18-4)19-10-12-5-7-13(17-3)8-6-12/h5-8,11,14H,9-10H2,1-4H3/t14-/m0/s1. The van der Waals surface area contributed by atoms with Crippen LogP contribution in [-0.2, 0) is 20.9 Å². The van der Waals surface area contributed by atoms with Crippen molar-refractivity contribution in [3.05, 3.63) is 29.8 Å². The highest BCUT2D eigenvalue weighted by molar-refractivity contribution is 5.74. The molecule has 0 aromatic heterocycles. The summed E-state index contributed by atoms with van der Waals surface area (Å²) in [5.41, 5.74) is 0.999. The number of methoxy groups -OCH3 is 2. The van der Waals surface area contributed by atoms with Gasteiger partial charge in [0.25, 0.3) is 0 Å². The molecule has 0 aliphatic heterocycles. The number of carbonyl (C=O) groups excluding carboxylic acids is 1. The number of rotatable bonds is 7. The molecule has 0 radical (unpaired) electrons. The molecule has 1 aromatic carbocycles. The molecule has 0 unspecified atom stereocenters. The molecule has 4 nitrogen and oxygen atoms in total. The Balaban J connectivity index is 2.56. The average Bonchev–Trinajstić information content (AvgIpc) is 2.42. The highest BCUT2D eigenvalue weighted by atomic mass is 16.6. The number of carbonyl (C=O) groups is 1. The summed E-state index contributed by atoms with van der Waals surface area (Å²) < 4.78 is 15.5. The number of hydrogen-bond donors (Lipinski definition) is 0. The normalized spacial score (nSPS) is 12.3. The van der Waals surface area contributed by atoms with Gasteiger partial charge in [0, 0.05) is 0 Å². The molecule has 4 heteroatoms. The van der Waals surface area contributed by atoms with Gasteiger partial charge in [-0.05, 0) is 30.0 Å². The van der Waals surface area contributed by atoms with E-state index in [1.54, 1.807) is 7.11 Å². The Morgan fingerprint density at radius 3 is 2.26 bits per heavy atom. The number of esters is 1. The fraction of sp³-hybridized carbons (Fsp3) is 0.533. The Morgan fingerprint density at radius 1 is 1.16 bits per heavy atom. The fourth-order valence-electron chi connectivity index (χ4n) is 1.71. The van der Waals surface area contributed by atoms with Gasteiger partial charge >= 0.3 is 5.97 Å². The molecule has 0 bridgehead atoms. The molecular weight excluding hydrogens is 244 g/mol. The van der Waals surface area contributed by atoms with Gasteiger partial charge in [-0.15, -0.1) is 0 Å². The molecule has 1 aromatic rings. The summed E-state index contributed by atoms with van der Waals surface area (Å²) in [4.78, 5) is 11.6. The lowest BCUT2D eigenvalue weighted by molar-refractivity contribution is -0.156. The Kier molecular flexibility index (Phi) is 6.36. The van der Waals surface area contributed by atoms with Gasteiger partial charge in [0.05, 0.1) is 20.8 Å². The van der Waals surface area contributed by atoms with Crippen LogP contribution in [-0.4, -0.2) is 26.3 Å². The van der Waals surface area contributed by atoms with Crippen LogP contribution in [0.4, 0.5) is 0 Å². The van der Waals surface area contributed by atoms with Crippen molar-refractivity contribution in [3.63, 3.8) is 0 Å². The molecule has 0 fully saturated rings. The van der Waals surface area contributed by atoms with Crippen molar-refractivity contribution in [3.8, 4) is 5.75 Å². The van der Waals surface area contributed by atoms with Crippen LogP contribution < -0.4 is 4.74 Å². The highest BCUT2D eigenvalue weighted by Crippen LogP contribution is 2.15. The van der Waals surface area contributed by atoms with E-state index in [2.05, 4.69) is 0 Å². The van der Waals surface area contributed by atoms with Crippen LogP contribution in [0.3, 0.4) is 0 Å². The monoisotopic (exact) mass is 266 g/mol. The van der Waals surface area contributed by atoms with Crippen molar-refractivity contribution < 1.29 is 19.0 Å². The first-order valence-electron chi connectivity index (χ1n) is 6.39. The molecule has 19 heavy (non-hydrogen) atoms. The Labute approximate surface area is 114 Å². The molecule has 1 rings (SSSR count). The second-order valence-corrected chi connectivity index (χ2v) is 4.80. The predicted octanol–water partition coefficient (Wildman–Crippen LogP) is 2.80. The molecule has 0 saturated carbocycles. The molecular formula is C15H22O4. The summed E-state index contributed by atoms with van der Waals surface area (Å²) in [6.07, 6.45) is 0.148. The quantitative estimate of drug-likeness (QED) is 0.712. The van der Waals surface area contributed by atoms with E-state index in [4.69, 9.17) is 14.2 Å². The van der Waals surface area contributed by atoms with Crippen LogP contribution in [0.1, 0.15) is 25.8 Å². The van der Waals surface area contributed by atoms with Gasteiger partial charge in [0.15, 0.2) is 6.10 Å². The molecule has 0 saturated heterocycles. The van der Waals surface area contributed by atoms with Crippen LogP contribution in [0.5, 0.6) is 5.75 Å². The second-order valence-electron chi connectivity index (χ2n) is 4.80. The SMILES string of the molecule is COC(=O)[C@H](CC(C)C)OCc1ccc(OC)cc1. The van der Waals surface area contributed by atoms with Crippen molar-refractivity contribution in [2.75, 3.05) is 14.2 Å². The molecule has 0 amide bonds. The lowest BCUT2D eigenvalue weighted by atomic mass is 10.1. The van der Waals surface area contributed by atoms with Gasteiger partial charge < -0.3 is 14.2 Å². The van der Waals surface area contributed by atoms with Crippen LogP contribution in [0, 0.1) is 5.92 Å². The van der Waals surface area contributed by atoms with Gasteiger partial charge in [0.2, 0.25) is 0 Å². The zero-order valence-electron chi connectivity index (χ0n) is 12.0. The van der Waals surface area contributed by atoms with Crippen LogP contribution in [0.25, 0.3) is 0 Å². The molecule has 0 N–H and O–H groups in total. The van der Waals surface area contributed by atoms with Gasteiger partial charge in [-0.1, -0.05) is 26.0 Å². The van der Waals surface area contributed by atoms with Gasteiger partial charge in [-0.25, -0.2) is 4.79 Å². The summed E-state index contributed by atoms with van der Waals surface area (Å²) in [5, 5.41) is 0. The Hall–Kier alpha value is -1.55. The number of ether oxygens (including phenoxy) is 3. The van der Waals surface area contributed by atoms with E-state index in [9.17, 15) is 4.79 Å². The summed E-state index contributed by atoms with van der Waals surface area (Å²) in [5.74, 6) is 0.859. The third-order valence-corrected chi connectivity index (χ3v) is 2.76. The van der Waals surface area contributed by atoms with E-state index >= 15 is 0 Å². The minimum Gasteiger partial charge on any atom is -0.497 e. The maximum Gasteiger partial charge on any atom is 0.334 e. The first-order chi connectivity index (χ1) is 9.06. The molecule has 1 atom stereocenters. The second kappa shape index (κ2) is 7.79. The largest absolute Gasteiger partial charge is 0.497 e. The molecule has 0 spiro atoms. The molecule has 106 valence electrons. The van der Waals surface area contributed by atoms with Crippen molar-refractivity contribution in [1.29, 1.82) is 0 Å². The minimum atomic E-state index is -0.507. The first-order valence-corrected chi connectivity index (χ1v) is 6.39. The lowest BCUT2D eigenvalue weighted by Crippen LogP contribution is -2.27. The van der Waals surface area contributed by atoms with Crippen LogP contribution >= 0.6 is 0 Å². The smallest absolute Gasteiger partial charge is 0.334 e. The fourth-order valence-corrected chi connectivity index (χ4v) is 1.71. The van der Waals surface area contributed by atoms with Crippen LogP contribution in [0.15, 0.2) is 24.3 Å². The Morgan fingerprint density at radius 2 is 1.79 bits per heavy atom. The summed E-state index contributed by atoms with van der Waals surface area (Å²) in [6.45, 7) is 4.48. The highest BCUT2D eigenvalue weighted by Gasteiger charge is 2.21. The third kappa shape index (κ3) is 5.30. The van der Waals surface area contributed by atoms with E-state index in [-0.39, 0.29) is 5.97 Å². The lowest BCUT2D eigenvalue weighted by Gasteiger charge is -2.17. The summed E-state index contributed by atoms with van der Waals surface area (Å²) >= 11 is 0. The van der Waals surface area contributed by atoms with E-state index < -0.39 is 6.10 Å². The molecule has 0 heterocycles. The van der Waals surface area contributed by atoms with Crippen LogP contribution in [0.2, 0.25) is 0 Å². The van der Waals surface area contributed by atoms with Gasteiger partial charge in [0.1, 0.15) is 5.75 Å². The first kappa shape index (κ1) is 15.5. The average molecular weight is 266 g/mol. The number of hydrogen-bond acceptors (Lipinski definition) is 4. The van der Waals surface area contributed by atoms with Crippen molar-refractivity contribution >= 4 is 5.97 Å². The number of benzene rings is 1. The predicted molar refractivity (Wildman–Crippen MR) is 73.0 cm³/mol. The van der Waals surface area contributed by atoms with Crippen molar-refractivity contribution in [2.45, 2.75) is 33.0 Å². The molecule has 0 aliphatic rings. The minimum absolute atomic E-state index is 0.317. The van der Waals surface area contributed by atoms with E-state index in [0.717, 1.165) is 11.3 Å². The third-order valence-electron chi connectivity index (χ3n) is 2.76. The molecule has 0 aliphatic carbocycles. The zero-order chi connectivity index (χ0) is 14.3. The zero-order valence-corrected chi connectivity index (χ0v) is 12.0. The topological polar surface area (TPSA) is 44.8 Å².